The van der Waals surface area contributed by atoms with Crippen molar-refractivity contribution < 1.29 is 24.9 Å². The number of nitrogens with zero attached hydrogens (tertiary/aromatic N) is 1. The minimum atomic E-state index is -1.12. The van der Waals surface area contributed by atoms with Crippen molar-refractivity contribution in [3.63, 3.8) is 0 Å². The van der Waals surface area contributed by atoms with Crippen LogP contribution in [0, 0.1) is 0 Å². The van der Waals surface area contributed by atoms with Gasteiger partial charge < -0.3 is 15.3 Å². The number of aliphatic carboxylic acids is 1. The lowest BCUT2D eigenvalue weighted by atomic mass is 10.0. The van der Waals surface area contributed by atoms with Crippen molar-refractivity contribution in [3.05, 3.63) is 33.4 Å². The lowest BCUT2D eigenvalue weighted by molar-refractivity contribution is -0.146. The summed E-state index contributed by atoms with van der Waals surface area (Å²) in [5, 5.41) is 28.4. The van der Waals surface area contributed by atoms with Crippen LogP contribution < -0.4 is 0 Å². The first-order valence-electron chi connectivity index (χ1n) is 6.48. The smallest absolute Gasteiger partial charge is 0.352 e. The fraction of sp³-hybridized carbons (Fsp3) is 0.286. The first-order chi connectivity index (χ1) is 10.4. The van der Waals surface area contributed by atoms with E-state index in [2.05, 4.69) is 15.9 Å². The van der Waals surface area contributed by atoms with Gasteiger partial charge in [-0.3, -0.25) is 9.69 Å². The molecule has 0 aliphatic carbocycles. The SMILES string of the molecule is O=C(O)C1=C(Cc2cc(O)c(O)cc2Br)CSC2CC(=O)N12. The second-order valence-corrected chi connectivity index (χ2v) is 7.12. The molecule has 3 rings (SSSR count). The largest absolute Gasteiger partial charge is 0.504 e. The summed E-state index contributed by atoms with van der Waals surface area (Å²) in [6.45, 7) is 0. The average molecular weight is 386 g/mol. The number of thioether (sulfide) groups is 1. The van der Waals surface area contributed by atoms with Crippen LogP contribution in [0.4, 0.5) is 0 Å². The number of hydrogen-bond donors (Lipinski definition) is 3. The fourth-order valence-electron chi connectivity index (χ4n) is 2.57. The molecule has 1 amide bonds. The third kappa shape index (κ3) is 2.46. The molecule has 1 unspecified atom stereocenters. The van der Waals surface area contributed by atoms with E-state index in [1.54, 1.807) is 0 Å². The van der Waals surface area contributed by atoms with E-state index in [4.69, 9.17) is 0 Å². The van der Waals surface area contributed by atoms with E-state index in [1.807, 2.05) is 0 Å². The minimum Gasteiger partial charge on any atom is -0.504 e. The Morgan fingerprint density at radius 1 is 1.36 bits per heavy atom. The Morgan fingerprint density at radius 3 is 2.68 bits per heavy atom. The molecular weight excluding hydrogens is 374 g/mol. The van der Waals surface area contributed by atoms with Gasteiger partial charge in [-0.1, -0.05) is 15.9 Å². The molecule has 6 nitrogen and oxygen atoms in total. The number of β-lactam (4-membered cyclic amide) rings is 1. The van der Waals surface area contributed by atoms with Crippen LogP contribution >= 0.6 is 27.7 Å². The Bertz CT molecular complexity index is 717. The van der Waals surface area contributed by atoms with E-state index in [-0.39, 0.29) is 34.9 Å². The number of halogens is 1. The molecule has 116 valence electrons. The van der Waals surface area contributed by atoms with Crippen LogP contribution in [-0.4, -0.2) is 43.2 Å². The second kappa shape index (κ2) is 5.51. The van der Waals surface area contributed by atoms with Gasteiger partial charge >= 0.3 is 5.97 Å². The van der Waals surface area contributed by atoms with E-state index < -0.39 is 5.97 Å². The standard InChI is InChI=1S/C14H12BrNO5S/c15-8-3-10(18)9(17)2-6(8)1-7-5-22-12-4-11(19)16(12)13(7)14(20)21/h2-3,12,17-18H,1,4-5H2,(H,20,21). The Kier molecular flexibility index (Phi) is 3.82. The highest BCUT2D eigenvalue weighted by molar-refractivity contribution is 9.10. The molecule has 22 heavy (non-hydrogen) atoms. The van der Waals surface area contributed by atoms with Gasteiger partial charge in [0, 0.05) is 10.2 Å². The van der Waals surface area contributed by atoms with Gasteiger partial charge in [0.15, 0.2) is 11.5 Å². The molecule has 0 saturated carbocycles. The van der Waals surface area contributed by atoms with Crippen molar-refractivity contribution in [1.29, 1.82) is 0 Å². The summed E-state index contributed by atoms with van der Waals surface area (Å²) < 4.78 is 0.571. The lowest BCUT2D eigenvalue weighted by Crippen LogP contribution is -2.54. The number of carboxylic acids is 1. The van der Waals surface area contributed by atoms with E-state index in [0.717, 1.165) is 0 Å². The summed E-state index contributed by atoms with van der Waals surface area (Å²) in [7, 11) is 0. The summed E-state index contributed by atoms with van der Waals surface area (Å²) in [6.07, 6.45) is 0.651. The molecule has 0 bridgehead atoms. The molecule has 0 aromatic heterocycles. The van der Waals surface area contributed by atoms with Gasteiger partial charge in [-0.05, 0) is 29.7 Å². The van der Waals surface area contributed by atoms with E-state index in [9.17, 15) is 24.9 Å². The van der Waals surface area contributed by atoms with Crippen LogP contribution in [-0.2, 0) is 16.0 Å². The maximum absolute atomic E-state index is 11.7. The molecule has 1 atom stereocenters. The summed E-state index contributed by atoms with van der Waals surface area (Å²) in [5.74, 6) is -1.30. The summed E-state index contributed by atoms with van der Waals surface area (Å²) >= 11 is 4.82. The molecule has 2 aliphatic heterocycles. The van der Waals surface area contributed by atoms with Gasteiger partial charge in [-0.25, -0.2) is 4.79 Å². The maximum Gasteiger partial charge on any atom is 0.352 e. The minimum absolute atomic E-state index is 0.0412. The molecule has 8 heteroatoms. The van der Waals surface area contributed by atoms with Crippen LogP contribution in [0.25, 0.3) is 0 Å². The van der Waals surface area contributed by atoms with Gasteiger partial charge in [0.2, 0.25) is 5.91 Å². The topological polar surface area (TPSA) is 98.1 Å². The van der Waals surface area contributed by atoms with E-state index in [1.165, 1.54) is 28.8 Å². The molecule has 0 radical (unpaired) electrons. The van der Waals surface area contributed by atoms with Gasteiger partial charge in [-0.2, -0.15) is 0 Å². The van der Waals surface area contributed by atoms with Crippen molar-refractivity contribution in [2.45, 2.75) is 18.2 Å². The Labute approximate surface area is 138 Å². The number of carbonyl (C=O) groups excluding carboxylic acids is 1. The van der Waals surface area contributed by atoms with E-state index >= 15 is 0 Å². The van der Waals surface area contributed by atoms with Crippen molar-refractivity contribution >= 4 is 39.6 Å². The number of aromatic hydroxyl groups is 2. The molecule has 1 saturated heterocycles. The van der Waals surface area contributed by atoms with Crippen LogP contribution in [0.5, 0.6) is 11.5 Å². The van der Waals surface area contributed by atoms with Gasteiger partial charge in [0.1, 0.15) is 5.70 Å². The number of hydrogen-bond acceptors (Lipinski definition) is 5. The van der Waals surface area contributed by atoms with Gasteiger partial charge in [-0.15, -0.1) is 11.8 Å². The number of fused-ring (bicyclic) bond motifs is 1. The number of carbonyl (C=O) groups is 2. The van der Waals surface area contributed by atoms with Crippen LogP contribution in [0.1, 0.15) is 12.0 Å². The predicted molar refractivity (Wildman–Crippen MR) is 83.5 cm³/mol. The number of phenols is 2. The molecule has 1 fully saturated rings. The highest BCUT2D eigenvalue weighted by Crippen LogP contribution is 2.41. The number of carboxylic acid groups (broad SMARTS) is 1. The number of benzene rings is 1. The Balaban J connectivity index is 1.99. The number of phenolic OH excluding ortho intramolecular Hbond substituents is 2. The van der Waals surface area contributed by atoms with Crippen LogP contribution in [0.3, 0.4) is 0 Å². The third-order valence-corrected chi connectivity index (χ3v) is 5.70. The van der Waals surface area contributed by atoms with Crippen molar-refractivity contribution in [2.24, 2.45) is 0 Å². The Hall–Kier alpha value is -1.67. The first kappa shape index (κ1) is 15.2. The normalized spacial score (nSPS) is 20.7. The summed E-state index contributed by atoms with van der Waals surface area (Å²) in [6, 6.07) is 2.75. The monoisotopic (exact) mass is 385 g/mol. The fourth-order valence-corrected chi connectivity index (χ4v) is 4.31. The number of amides is 1. The zero-order chi connectivity index (χ0) is 16.0. The van der Waals surface area contributed by atoms with Crippen molar-refractivity contribution in [1.82, 2.24) is 4.90 Å². The van der Waals surface area contributed by atoms with Gasteiger partial charge in [0.25, 0.3) is 0 Å². The van der Waals surface area contributed by atoms with Crippen molar-refractivity contribution in [2.75, 3.05) is 5.75 Å². The molecule has 1 aromatic rings. The molecule has 0 spiro atoms. The summed E-state index contributed by atoms with van der Waals surface area (Å²) in [4.78, 5) is 24.5. The van der Waals surface area contributed by atoms with Crippen LogP contribution in [0.2, 0.25) is 0 Å². The first-order valence-corrected chi connectivity index (χ1v) is 8.32. The predicted octanol–water partition coefficient (Wildman–Crippen LogP) is 2.05. The van der Waals surface area contributed by atoms with E-state index in [0.29, 0.717) is 27.8 Å². The third-order valence-electron chi connectivity index (χ3n) is 3.68. The Morgan fingerprint density at radius 2 is 2.05 bits per heavy atom. The molecule has 2 heterocycles. The maximum atomic E-state index is 11.7. The zero-order valence-corrected chi connectivity index (χ0v) is 13.6. The summed E-state index contributed by atoms with van der Waals surface area (Å²) in [5.41, 5.74) is 1.31. The molecular formula is C14H12BrNO5S. The highest BCUT2D eigenvalue weighted by atomic mass is 79.9. The quantitative estimate of drug-likeness (QED) is 0.544. The van der Waals surface area contributed by atoms with Crippen LogP contribution in [0.15, 0.2) is 27.9 Å². The van der Waals surface area contributed by atoms with Gasteiger partial charge in [0.05, 0.1) is 11.8 Å². The molecule has 3 N–H and O–H groups in total. The molecule has 2 aliphatic rings. The zero-order valence-electron chi connectivity index (χ0n) is 11.2. The number of rotatable bonds is 3. The van der Waals surface area contributed by atoms with Crippen molar-refractivity contribution in [3.8, 4) is 11.5 Å². The lowest BCUT2D eigenvalue weighted by Gasteiger charge is -2.44. The second-order valence-electron chi connectivity index (χ2n) is 5.10. The average Bonchev–Trinajstić information content (AvgIpc) is 2.44. The highest BCUT2D eigenvalue weighted by Gasteiger charge is 2.45. The molecule has 1 aromatic carbocycles.